The van der Waals surface area contributed by atoms with E-state index in [9.17, 15) is 0 Å². The van der Waals surface area contributed by atoms with Gasteiger partial charge in [-0.2, -0.15) is 0 Å². The molecule has 0 radical (unpaired) electrons. The highest BCUT2D eigenvalue weighted by atomic mass is 15.3. The first kappa shape index (κ1) is 15.1. The Balaban J connectivity index is 1.43. The molecule has 22 heavy (non-hydrogen) atoms. The second kappa shape index (κ2) is 6.94. The molecule has 0 amide bonds. The lowest BCUT2D eigenvalue weighted by atomic mass is 10.2. The molecule has 0 saturated carbocycles. The Hall–Kier alpha value is -1.85. The van der Waals surface area contributed by atoms with E-state index in [4.69, 9.17) is 5.73 Å². The number of piperazine rings is 1. The van der Waals surface area contributed by atoms with Gasteiger partial charge in [-0.25, -0.2) is 4.98 Å². The average Bonchev–Trinajstić information content (AvgIpc) is 2.87. The summed E-state index contributed by atoms with van der Waals surface area (Å²) in [5, 5.41) is 0. The van der Waals surface area contributed by atoms with Gasteiger partial charge in [0, 0.05) is 52.7 Å². The zero-order valence-corrected chi connectivity index (χ0v) is 13.3. The number of hydrogen-bond donors (Lipinski definition) is 1. The van der Waals surface area contributed by atoms with E-state index in [2.05, 4.69) is 45.1 Å². The van der Waals surface area contributed by atoms with Crippen molar-refractivity contribution in [3.8, 4) is 0 Å². The molecule has 0 unspecified atom stereocenters. The summed E-state index contributed by atoms with van der Waals surface area (Å²) in [6, 6.07) is 10.7. The number of anilines is 1. The van der Waals surface area contributed by atoms with Gasteiger partial charge in [0.05, 0.1) is 6.20 Å². The van der Waals surface area contributed by atoms with Crippen LogP contribution >= 0.6 is 0 Å². The Morgan fingerprint density at radius 1 is 1.05 bits per heavy atom. The summed E-state index contributed by atoms with van der Waals surface area (Å²) in [5.74, 6) is 1.81. The molecule has 1 fully saturated rings. The quantitative estimate of drug-likeness (QED) is 0.906. The molecule has 2 N–H and O–H groups in total. The van der Waals surface area contributed by atoms with E-state index in [1.165, 1.54) is 5.56 Å². The minimum Gasteiger partial charge on any atom is -0.384 e. The molecular formula is C17H25N5. The highest BCUT2D eigenvalue weighted by molar-refractivity contribution is 5.27. The molecule has 2 aromatic rings. The van der Waals surface area contributed by atoms with Crippen LogP contribution in [-0.4, -0.2) is 52.1 Å². The summed E-state index contributed by atoms with van der Waals surface area (Å²) in [6.45, 7) is 6.66. The number of aromatic nitrogens is 2. The van der Waals surface area contributed by atoms with Crippen LogP contribution in [0.25, 0.3) is 0 Å². The molecule has 0 spiro atoms. The van der Waals surface area contributed by atoms with E-state index in [1.54, 1.807) is 6.20 Å². The van der Waals surface area contributed by atoms with Crippen molar-refractivity contribution < 1.29 is 0 Å². The lowest BCUT2D eigenvalue weighted by molar-refractivity contribution is 0.127. The van der Waals surface area contributed by atoms with E-state index < -0.39 is 0 Å². The zero-order valence-electron chi connectivity index (χ0n) is 13.3. The van der Waals surface area contributed by atoms with Crippen molar-refractivity contribution in [2.75, 3.05) is 38.5 Å². The highest BCUT2D eigenvalue weighted by Gasteiger charge is 2.17. The maximum Gasteiger partial charge on any atom is 0.123 e. The van der Waals surface area contributed by atoms with Gasteiger partial charge in [-0.15, -0.1) is 0 Å². The van der Waals surface area contributed by atoms with Gasteiger partial charge in [0.2, 0.25) is 0 Å². The van der Waals surface area contributed by atoms with Gasteiger partial charge in [-0.1, -0.05) is 30.3 Å². The monoisotopic (exact) mass is 299 g/mol. The Morgan fingerprint density at radius 3 is 2.36 bits per heavy atom. The molecular weight excluding hydrogens is 274 g/mol. The van der Waals surface area contributed by atoms with Crippen molar-refractivity contribution in [2.45, 2.75) is 13.0 Å². The second-order valence-electron chi connectivity index (χ2n) is 6.01. The molecule has 1 saturated heterocycles. The molecule has 118 valence electrons. The van der Waals surface area contributed by atoms with E-state index >= 15 is 0 Å². The van der Waals surface area contributed by atoms with Gasteiger partial charge in [-0.05, 0) is 5.56 Å². The molecule has 2 heterocycles. The zero-order chi connectivity index (χ0) is 15.4. The lowest BCUT2D eigenvalue weighted by Crippen LogP contribution is -2.46. The predicted molar refractivity (Wildman–Crippen MR) is 89.5 cm³/mol. The molecule has 1 aliphatic rings. The maximum absolute atomic E-state index is 5.82. The first-order valence-corrected chi connectivity index (χ1v) is 7.97. The van der Waals surface area contributed by atoms with Crippen molar-refractivity contribution in [3.05, 3.63) is 47.9 Å². The Bertz CT molecular complexity index is 584. The van der Waals surface area contributed by atoms with Crippen LogP contribution in [0.4, 0.5) is 5.82 Å². The van der Waals surface area contributed by atoms with Crippen molar-refractivity contribution in [1.82, 2.24) is 19.4 Å². The van der Waals surface area contributed by atoms with Crippen molar-refractivity contribution >= 4 is 5.82 Å². The second-order valence-corrected chi connectivity index (χ2v) is 6.01. The smallest absolute Gasteiger partial charge is 0.123 e. The minimum atomic E-state index is 0.739. The summed E-state index contributed by atoms with van der Waals surface area (Å²) < 4.78 is 1.98. The lowest BCUT2D eigenvalue weighted by Gasteiger charge is -2.34. The van der Waals surface area contributed by atoms with Crippen molar-refractivity contribution in [3.63, 3.8) is 0 Å². The van der Waals surface area contributed by atoms with Crippen LogP contribution in [-0.2, 0) is 20.0 Å². The van der Waals surface area contributed by atoms with E-state index in [-0.39, 0.29) is 0 Å². The largest absolute Gasteiger partial charge is 0.384 e. The Labute approximate surface area is 132 Å². The number of hydrogen-bond acceptors (Lipinski definition) is 4. The van der Waals surface area contributed by atoms with Gasteiger partial charge >= 0.3 is 0 Å². The molecule has 0 bridgehead atoms. The summed E-state index contributed by atoms with van der Waals surface area (Å²) in [4.78, 5) is 9.42. The van der Waals surface area contributed by atoms with E-state index in [0.29, 0.717) is 0 Å². The van der Waals surface area contributed by atoms with E-state index in [1.807, 2.05) is 11.6 Å². The fourth-order valence-electron chi connectivity index (χ4n) is 2.97. The third-order valence-corrected chi connectivity index (χ3v) is 4.49. The van der Waals surface area contributed by atoms with Crippen LogP contribution in [0.5, 0.6) is 0 Å². The number of imidazole rings is 1. The topological polar surface area (TPSA) is 50.3 Å². The van der Waals surface area contributed by atoms with Crippen molar-refractivity contribution in [1.29, 1.82) is 0 Å². The molecule has 0 atom stereocenters. The third kappa shape index (κ3) is 3.67. The van der Waals surface area contributed by atoms with Gasteiger partial charge in [0.15, 0.2) is 0 Å². The fraction of sp³-hybridized carbons (Fsp3) is 0.471. The number of nitrogens with two attached hydrogens (primary N) is 1. The standard InChI is InChI=1S/C17H25N5/c1-20-16(18)13-19-17(20)7-8-21-9-11-22(12-10-21)14-15-5-3-2-4-6-15/h2-6,13H,7-12,14,18H2,1H3. The van der Waals surface area contributed by atoms with Crippen LogP contribution in [0.1, 0.15) is 11.4 Å². The Morgan fingerprint density at radius 2 is 1.73 bits per heavy atom. The molecule has 0 aliphatic carbocycles. The van der Waals surface area contributed by atoms with Crippen LogP contribution in [0.2, 0.25) is 0 Å². The predicted octanol–water partition coefficient (Wildman–Crippen LogP) is 1.36. The normalized spacial score (nSPS) is 17.0. The summed E-state index contributed by atoms with van der Waals surface area (Å²) >= 11 is 0. The van der Waals surface area contributed by atoms with Gasteiger partial charge in [-0.3, -0.25) is 4.90 Å². The SMILES string of the molecule is Cn1c(N)cnc1CCN1CCN(Cc2ccccc2)CC1. The molecule has 1 aromatic carbocycles. The first-order valence-electron chi connectivity index (χ1n) is 7.97. The third-order valence-electron chi connectivity index (χ3n) is 4.49. The maximum atomic E-state index is 5.82. The molecule has 5 heteroatoms. The summed E-state index contributed by atoms with van der Waals surface area (Å²) in [7, 11) is 1.98. The van der Waals surface area contributed by atoms with Gasteiger partial charge in [0.1, 0.15) is 11.6 Å². The first-order chi connectivity index (χ1) is 10.7. The molecule has 1 aromatic heterocycles. The fourth-order valence-corrected chi connectivity index (χ4v) is 2.97. The van der Waals surface area contributed by atoms with Crippen LogP contribution in [0.15, 0.2) is 36.5 Å². The number of nitrogen functional groups attached to an aromatic ring is 1. The van der Waals surface area contributed by atoms with Crippen LogP contribution in [0.3, 0.4) is 0 Å². The van der Waals surface area contributed by atoms with Crippen LogP contribution < -0.4 is 5.73 Å². The molecule has 5 nitrogen and oxygen atoms in total. The highest BCUT2D eigenvalue weighted by Crippen LogP contribution is 2.10. The average molecular weight is 299 g/mol. The van der Waals surface area contributed by atoms with Gasteiger partial charge < -0.3 is 15.2 Å². The number of benzene rings is 1. The van der Waals surface area contributed by atoms with E-state index in [0.717, 1.165) is 57.3 Å². The van der Waals surface area contributed by atoms with Gasteiger partial charge in [0.25, 0.3) is 0 Å². The number of nitrogens with zero attached hydrogens (tertiary/aromatic N) is 4. The summed E-state index contributed by atoms with van der Waals surface area (Å²) in [6.07, 6.45) is 2.71. The Kier molecular flexibility index (Phi) is 4.75. The van der Waals surface area contributed by atoms with Crippen LogP contribution in [0, 0.1) is 0 Å². The molecule has 3 rings (SSSR count). The molecule has 1 aliphatic heterocycles. The van der Waals surface area contributed by atoms with Crippen molar-refractivity contribution in [2.24, 2.45) is 7.05 Å². The minimum absolute atomic E-state index is 0.739. The summed E-state index contributed by atoms with van der Waals surface area (Å²) in [5.41, 5.74) is 7.22. The number of rotatable bonds is 5.